The van der Waals surface area contributed by atoms with Gasteiger partial charge in [0.25, 0.3) is 5.91 Å². The minimum absolute atomic E-state index is 0.117. The molecule has 0 unspecified atom stereocenters. The van der Waals surface area contributed by atoms with Crippen LogP contribution in [0.5, 0.6) is 0 Å². The van der Waals surface area contributed by atoms with Crippen molar-refractivity contribution in [1.29, 1.82) is 0 Å². The first kappa shape index (κ1) is 14.1. The first-order valence-electron chi connectivity index (χ1n) is 6.13. The predicted octanol–water partition coefficient (Wildman–Crippen LogP) is 4.00. The summed E-state index contributed by atoms with van der Waals surface area (Å²) in [7, 11) is 1.89. The second-order valence-corrected chi connectivity index (χ2v) is 7.18. The highest BCUT2D eigenvalue weighted by atomic mass is 79.9. The minimum Gasteiger partial charge on any atom is -0.341 e. The Kier molecular flexibility index (Phi) is 4.49. The van der Waals surface area contributed by atoms with Gasteiger partial charge in [-0.2, -0.15) is 0 Å². The van der Waals surface area contributed by atoms with E-state index in [1.807, 2.05) is 37.1 Å². The van der Waals surface area contributed by atoms with E-state index in [0.717, 1.165) is 22.1 Å². The predicted molar refractivity (Wildman–Crippen MR) is 81.3 cm³/mol. The SMILES string of the molecule is Cc1c(Br)cccc1C(=O)N(C)CC1CC(Br)C1. The zero-order valence-corrected chi connectivity index (χ0v) is 13.8. The van der Waals surface area contributed by atoms with Crippen molar-refractivity contribution in [3.63, 3.8) is 0 Å². The molecule has 0 aromatic heterocycles. The van der Waals surface area contributed by atoms with Crippen LogP contribution in [0.2, 0.25) is 0 Å². The second-order valence-electron chi connectivity index (χ2n) is 5.03. The topological polar surface area (TPSA) is 20.3 Å². The van der Waals surface area contributed by atoms with Crippen LogP contribution >= 0.6 is 31.9 Å². The van der Waals surface area contributed by atoms with Gasteiger partial charge in [-0.25, -0.2) is 0 Å². The van der Waals surface area contributed by atoms with Crippen LogP contribution in [0.3, 0.4) is 0 Å². The van der Waals surface area contributed by atoms with Crippen LogP contribution in [0.15, 0.2) is 22.7 Å². The largest absolute Gasteiger partial charge is 0.341 e. The average molecular weight is 375 g/mol. The van der Waals surface area contributed by atoms with E-state index in [9.17, 15) is 4.79 Å². The van der Waals surface area contributed by atoms with E-state index in [4.69, 9.17) is 0 Å². The zero-order valence-electron chi connectivity index (χ0n) is 10.6. The fourth-order valence-corrected chi connectivity index (χ4v) is 3.74. The van der Waals surface area contributed by atoms with E-state index in [-0.39, 0.29) is 5.91 Å². The van der Waals surface area contributed by atoms with Gasteiger partial charge in [0.15, 0.2) is 0 Å². The minimum atomic E-state index is 0.117. The van der Waals surface area contributed by atoms with E-state index < -0.39 is 0 Å². The summed E-state index contributed by atoms with van der Waals surface area (Å²) in [5, 5.41) is 0. The number of hydrogen-bond donors (Lipinski definition) is 0. The van der Waals surface area contributed by atoms with E-state index in [1.54, 1.807) is 0 Å². The van der Waals surface area contributed by atoms with Crippen molar-refractivity contribution in [2.75, 3.05) is 13.6 Å². The highest BCUT2D eigenvalue weighted by Gasteiger charge is 2.29. The molecule has 0 saturated heterocycles. The van der Waals surface area contributed by atoms with Crippen molar-refractivity contribution >= 4 is 37.8 Å². The molecule has 98 valence electrons. The van der Waals surface area contributed by atoms with Crippen LogP contribution in [0.4, 0.5) is 0 Å². The molecule has 0 N–H and O–H groups in total. The monoisotopic (exact) mass is 373 g/mol. The lowest BCUT2D eigenvalue weighted by molar-refractivity contribution is 0.0748. The van der Waals surface area contributed by atoms with E-state index in [0.29, 0.717) is 10.7 Å². The lowest BCUT2D eigenvalue weighted by Crippen LogP contribution is -2.38. The number of carbonyl (C=O) groups is 1. The number of amides is 1. The van der Waals surface area contributed by atoms with Gasteiger partial charge >= 0.3 is 0 Å². The Morgan fingerprint density at radius 1 is 1.44 bits per heavy atom. The molecule has 1 amide bonds. The molecule has 0 bridgehead atoms. The number of benzene rings is 1. The van der Waals surface area contributed by atoms with Crippen molar-refractivity contribution in [1.82, 2.24) is 4.90 Å². The summed E-state index contributed by atoms with van der Waals surface area (Å²) in [6.45, 7) is 2.83. The first-order chi connectivity index (χ1) is 8.49. The van der Waals surface area contributed by atoms with E-state index in [2.05, 4.69) is 31.9 Å². The second kappa shape index (κ2) is 5.74. The third-order valence-corrected chi connectivity index (χ3v) is 5.16. The van der Waals surface area contributed by atoms with Gasteiger partial charge in [-0.3, -0.25) is 4.79 Å². The van der Waals surface area contributed by atoms with Crippen LogP contribution in [0.25, 0.3) is 0 Å². The van der Waals surface area contributed by atoms with Crippen LogP contribution < -0.4 is 0 Å². The molecule has 0 radical (unpaired) electrons. The van der Waals surface area contributed by atoms with Crippen molar-refractivity contribution < 1.29 is 4.79 Å². The Hall–Kier alpha value is -0.350. The molecule has 18 heavy (non-hydrogen) atoms. The highest BCUT2D eigenvalue weighted by molar-refractivity contribution is 9.10. The van der Waals surface area contributed by atoms with Gasteiger partial charge in [0, 0.05) is 28.5 Å². The maximum Gasteiger partial charge on any atom is 0.253 e. The Morgan fingerprint density at radius 3 is 2.72 bits per heavy atom. The standard InChI is InChI=1S/C14H17Br2NO/c1-9-12(4-3-5-13(9)16)14(18)17(2)8-10-6-11(15)7-10/h3-5,10-11H,6-8H2,1-2H3. The molecular weight excluding hydrogens is 358 g/mol. The Bertz CT molecular complexity index is 455. The van der Waals surface area contributed by atoms with E-state index in [1.165, 1.54) is 12.8 Å². The summed E-state index contributed by atoms with van der Waals surface area (Å²) in [4.78, 5) is 14.9. The van der Waals surface area contributed by atoms with Gasteiger partial charge in [0.1, 0.15) is 0 Å². The number of hydrogen-bond acceptors (Lipinski definition) is 1. The molecule has 0 atom stereocenters. The molecule has 1 aromatic carbocycles. The summed E-state index contributed by atoms with van der Waals surface area (Å²) in [6, 6.07) is 5.77. The molecule has 0 aliphatic heterocycles. The first-order valence-corrected chi connectivity index (χ1v) is 7.84. The summed E-state index contributed by atoms with van der Waals surface area (Å²) in [6.07, 6.45) is 2.35. The molecular formula is C14H17Br2NO. The molecule has 1 aromatic rings. The molecule has 1 saturated carbocycles. The summed E-state index contributed by atoms with van der Waals surface area (Å²) < 4.78 is 0.992. The van der Waals surface area contributed by atoms with Crippen LogP contribution in [0, 0.1) is 12.8 Å². The zero-order chi connectivity index (χ0) is 13.3. The van der Waals surface area contributed by atoms with Gasteiger partial charge in [-0.05, 0) is 43.4 Å². The van der Waals surface area contributed by atoms with Crippen molar-refractivity contribution in [3.05, 3.63) is 33.8 Å². The number of rotatable bonds is 3. The normalized spacial score (nSPS) is 22.4. The molecule has 0 spiro atoms. The maximum absolute atomic E-state index is 12.4. The smallest absolute Gasteiger partial charge is 0.253 e. The highest BCUT2D eigenvalue weighted by Crippen LogP contribution is 2.34. The molecule has 1 aliphatic carbocycles. The number of halogens is 2. The van der Waals surface area contributed by atoms with Crippen molar-refractivity contribution in [2.45, 2.75) is 24.6 Å². The lowest BCUT2D eigenvalue weighted by Gasteiger charge is -2.34. The van der Waals surface area contributed by atoms with Gasteiger partial charge in [-0.15, -0.1) is 0 Å². The fraction of sp³-hybridized carbons (Fsp3) is 0.500. The Labute approximate surface area is 125 Å². The quantitative estimate of drug-likeness (QED) is 0.732. The fourth-order valence-electron chi connectivity index (χ4n) is 2.32. The molecule has 2 nitrogen and oxygen atoms in total. The molecule has 1 aliphatic rings. The number of alkyl halides is 1. The summed E-state index contributed by atoms with van der Waals surface area (Å²) in [5.74, 6) is 0.766. The molecule has 0 heterocycles. The maximum atomic E-state index is 12.4. The summed E-state index contributed by atoms with van der Waals surface area (Å²) >= 11 is 7.05. The van der Waals surface area contributed by atoms with Gasteiger partial charge in [0.05, 0.1) is 0 Å². The Balaban J connectivity index is 2.04. The molecule has 1 fully saturated rings. The third-order valence-electron chi connectivity index (χ3n) is 3.56. The lowest BCUT2D eigenvalue weighted by atomic mass is 9.85. The van der Waals surface area contributed by atoms with Crippen molar-refractivity contribution in [3.8, 4) is 0 Å². The average Bonchev–Trinajstić information content (AvgIpc) is 2.30. The van der Waals surface area contributed by atoms with Gasteiger partial charge in [-0.1, -0.05) is 37.9 Å². The van der Waals surface area contributed by atoms with Crippen molar-refractivity contribution in [2.24, 2.45) is 5.92 Å². The molecule has 4 heteroatoms. The Morgan fingerprint density at radius 2 is 2.11 bits per heavy atom. The van der Waals surface area contributed by atoms with E-state index >= 15 is 0 Å². The van der Waals surface area contributed by atoms with Crippen LogP contribution in [-0.4, -0.2) is 29.2 Å². The summed E-state index contributed by atoms with van der Waals surface area (Å²) in [5.41, 5.74) is 1.81. The third kappa shape index (κ3) is 2.97. The molecule has 2 rings (SSSR count). The number of nitrogens with zero attached hydrogens (tertiary/aromatic N) is 1. The van der Waals surface area contributed by atoms with Gasteiger partial charge < -0.3 is 4.90 Å². The van der Waals surface area contributed by atoms with Gasteiger partial charge in [0.2, 0.25) is 0 Å². The van der Waals surface area contributed by atoms with Crippen LogP contribution in [-0.2, 0) is 0 Å². The van der Waals surface area contributed by atoms with Crippen LogP contribution in [0.1, 0.15) is 28.8 Å². The number of carbonyl (C=O) groups excluding carboxylic acids is 1.